The normalized spacial score (nSPS) is 14.1. The molecule has 6 nitrogen and oxygen atoms in total. The van der Waals surface area contributed by atoms with Gasteiger partial charge in [0.15, 0.2) is 15.4 Å². The van der Waals surface area contributed by atoms with E-state index in [1.54, 1.807) is 0 Å². The molecule has 19 heavy (non-hydrogen) atoms. The van der Waals surface area contributed by atoms with Gasteiger partial charge in [-0.2, -0.15) is 0 Å². The number of sulfone groups is 1. The first-order valence-corrected chi connectivity index (χ1v) is 7.56. The van der Waals surface area contributed by atoms with Gasteiger partial charge in [-0.1, -0.05) is 13.8 Å². The monoisotopic (exact) mass is 284 g/mol. The van der Waals surface area contributed by atoms with Gasteiger partial charge in [-0.25, -0.2) is 13.2 Å². The zero-order chi connectivity index (χ0) is 14.2. The molecule has 1 aromatic heterocycles. The fourth-order valence-corrected chi connectivity index (χ4v) is 3.31. The molecular formula is C12H16N2O4S. The first kappa shape index (κ1) is 13.8. The van der Waals surface area contributed by atoms with Crippen molar-refractivity contribution in [2.75, 3.05) is 5.75 Å². The Balaban J connectivity index is 2.40. The average molecular weight is 284 g/mol. The van der Waals surface area contributed by atoms with Gasteiger partial charge in [0, 0.05) is 12.1 Å². The standard InChI is InChI=1S/C12H16N2O4S/c1-7(2)9(13)6-19(16,17)8-3-4-10-11(5-8)18-12(15)14-10/h3-5,7,9H,6,13H2,1-2H3,(H,14,15). The van der Waals surface area contributed by atoms with Crippen molar-refractivity contribution in [1.29, 1.82) is 0 Å². The molecule has 7 heteroatoms. The maximum absolute atomic E-state index is 12.2. The van der Waals surface area contributed by atoms with Gasteiger partial charge < -0.3 is 10.2 Å². The number of hydrogen-bond donors (Lipinski definition) is 2. The highest BCUT2D eigenvalue weighted by Gasteiger charge is 2.21. The van der Waals surface area contributed by atoms with Crippen LogP contribution in [-0.2, 0) is 9.84 Å². The van der Waals surface area contributed by atoms with Gasteiger partial charge in [0.25, 0.3) is 0 Å². The molecule has 0 aliphatic rings. The third-order valence-corrected chi connectivity index (χ3v) is 4.82. The van der Waals surface area contributed by atoms with Gasteiger partial charge in [-0.3, -0.25) is 4.98 Å². The summed E-state index contributed by atoms with van der Waals surface area (Å²) in [5.74, 6) is -0.669. The molecule has 0 saturated heterocycles. The van der Waals surface area contributed by atoms with Gasteiger partial charge >= 0.3 is 5.76 Å². The second-order valence-electron chi connectivity index (χ2n) is 4.86. The third kappa shape index (κ3) is 2.87. The van der Waals surface area contributed by atoms with Crippen molar-refractivity contribution in [3.8, 4) is 0 Å². The van der Waals surface area contributed by atoms with Crippen LogP contribution in [0.1, 0.15) is 13.8 Å². The second kappa shape index (κ2) is 4.82. The van der Waals surface area contributed by atoms with Crippen LogP contribution in [-0.4, -0.2) is 25.2 Å². The molecule has 2 aromatic rings. The Morgan fingerprint density at radius 2 is 2.05 bits per heavy atom. The zero-order valence-electron chi connectivity index (χ0n) is 10.7. The first-order chi connectivity index (χ1) is 8.79. The number of H-pyrrole nitrogens is 1. The maximum Gasteiger partial charge on any atom is 0.417 e. The quantitative estimate of drug-likeness (QED) is 0.866. The summed E-state index contributed by atoms with van der Waals surface area (Å²) in [7, 11) is -3.49. The Bertz CT molecular complexity index is 742. The summed E-state index contributed by atoms with van der Waals surface area (Å²) in [6.45, 7) is 3.74. The van der Waals surface area contributed by atoms with Crippen molar-refractivity contribution in [3.63, 3.8) is 0 Å². The van der Waals surface area contributed by atoms with Gasteiger partial charge in [0.2, 0.25) is 0 Å². The van der Waals surface area contributed by atoms with Crippen LogP contribution in [0.4, 0.5) is 0 Å². The molecule has 0 bridgehead atoms. The van der Waals surface area contributed by atoms with E-state index in [2.05, 4.69) is 4.98 Å². The summed E-state index contributed by atoms with van der Waals surface area (Å²) in [5.41, 5.74) is 6.49. The number of aromatic amines is 1. The number of nitrogens with one attached hydrogen (secondary N) is 1. The number of benzene rings is 1. The van der Waals surface area contributed by atoms with E-state index in [0.717, 1.165) is 0 Å². The topological polar surface area (TPSA) is 106 Å². The molecule has 3 N–H and O–H groups in total. The first-order valence-electron chi connectivity index (χ1n) is 5.91. The van der Waals surface area contributed by atoms with Crippen LogP contribution < -0.4 is 11.5 Å². The van der Waals surface area contributed by atoms with E-state index >= 15 is 0 Å². The van der Waals surface area contributed by atoms with Crippen LogP contribution in [0.5, 0.6) is 0 Å². The molecule has 0 saturated carbocycles. The molecule has 0 fully saturated rings. The molecule has 0 spiro atoms. The van der Waals surface area contributed by atoms with Crippen LogP contribution in [0, 0.1) is 5.92 Å². The van der Waals surface area contributed by atoms with E-state index in [-0.39, 0.29) is 22.1 Å². The Kier molecular flexibility index (Phi) is 3.51. The van der Waals surface area contributed by atoms with Crippen molar-refractivity contribution >= 4 is 20.9 Å². The van der Waals surface area contributed by atoms with Gasteiger partial charge in [0.1, 0.15) is 0 Å². The minimum absolute atomic E-state index is 0.0729. The van der Waals surface area contributed by atoms with E-state index in [1.165, 1.54) is 18.2 Å². The Hall–Kier alpha value is -1.60. The lowest BCUT2D eigenvalue weighted by molar-refractivity contribution is 0.516. The summed E-state index contributed by atoms with van der Waals surface area (Å²) < 4.78 is 29.2. The molecule has 0 aliphatic carbocycles. The van der Waals surface area contributed by atoms with Crippen LogP contribution in [0.3, 0.4) is 0 Å². The second-order valence-corrected chi connectivity index (χ2v) is 6.90. The van der Waals surface area contributed by atoms with Crippen LogP contribution >= 0.6 is 0 Å². The number of aromatic nitrogens is 1. The highest BCUT2D eigenvalue weighted by atomic mass is 32.2. The number of nitrogens with two attached hydrogens (primary N) is 1. The summed E-state index contributed by atoms with van der Waals surface area (Å²) in [5, 5.41) is 0. The summed E-state index contributed by atoms with van der Waals surface area (Å²) in [4.78, 5) is 13.6. The molecule has 1 heterocycles. The van der Waals surface area contributed by atoms with Crippen LogP contribution in [0.25, 0.3) is 11.1 Å². The summed E-state index contributed by atoms with van der Waals surface area (Å²) >= 11 is 0. The molecule has 1 aromatic carbocycles. The molecule has 104 valence electrons. The largest absolute Gasteiger partial charge is 0.417 e. The fourth-order valence-electron chi connectivity index (χ4n) is 1.66. The van der Waals surface area contributed by atoms with Gasteiger partial charge in [0.05, 0.1) is 16.2 Å². The lowest BCUT2D eigenvalue weighted by atomic mass is 10.1. The fraction of sp³-hybridized carbons (Fsp3) is 0.417. The summed E-state index contributed by atoms with van der Waals surface area (Å²) in [6.07, 6.45) is 0. The maximum atomic E-state index is 12.2. The predicted octanol–water partition coefficient (Wildman–Crippen LogP) is 0.878. The van der Waals surface area contributed by atoms with E-state index < -0.39 is 21.6 Å². The third-order valence-electron chi connectivity index (χ3n) is 3.02. The molecule has 0 aliphatic heterocycles. The van der Waals surface area contributed by atoms with Crippen LogP contribution in [0.2, 0.25) is 0 Å². The average Bonchev–Trinajstić information content (AvgIpc) is 2.67. The van der Waals surface area contributed by atoms with Crippen LogP contribution in [0.15, 0.2) is 32.3 Å². The lowest BCUT2D eigenvalue weighted by Gasteiger charge is -2.15. The van der Waals surface area contributed by atoms with Crippen molar-refractivity contribution in [2.24, 2.45) is 11.7 Å². The van der Waals surface area contributed by atoms with Gasteiger partial charge in [-0.05, 0) is 18.1 Å². The van der Waals surface area contributed by atoms with Crippen molar-refractivity contribution in [3.05, 3.63) is 28.7 Å². The molecule has 2 rings (SSSR count). The Labute approximate surface area is 110 Å². The molecule has 1 unspecified atom stereocenters. The van der Waals surface area contributed by atoms with E-state index in [9.17, 15) is 13.2 Å². The molecule has 1 atom stereocenters. The SMILES string of the molecule is CC(C)C(N)CS(=O)(=O)c1ccc2[nH]c(=O)oc2c1. The number of hydrogen-bond acceptors (Lipinski definition) is 5. The lowest BCUT2D eigenvalue weighted by Crippen LogP contribution is -2.34. The smallest absolute Gasteiger partial charge is 0.408 e. The predicted molar refractivity (Wildman–Crippen MR) is 71.7 cm³/mol. The number of fused-ring (bicyclic) bond motifs is 1. The number of rotatable bonds is 4. The van der Waals surface area contributed by atoms with Gasteiger partial charge in [-0.15, -0.1) is 0 Å². The minimum Gasteiger partial charge on any atom is -0.408 e. The number of oxazole rings is 1. The molecule has 0 amide bonds. The van der Waals surface area contributed by atoms with E-state index in [4.69, 9.17) is 10.2 Å². The minimum atomic E-state index is -3.49. The summed E-state index contributed by atoms with van der Waals surface area (Å²) in [6, 6.07) is 3.86. The van der Waals surface area contributed by atoms with Crippen molar-refractivity contribution in [1.82, 2.24) is 4.98 Å². The molecular weight excluding hydrogens is 268 g/mol. The Morgan fingerprint density at radius 1 is 1.37 bits per heavy atom. The van der Waals surface area contributed by atoms with E-state index in [1.807, 2.05) is 13.8 Å². The van der Waals surface area contributed by atoms with Crippen molar-refractivity contribution in [2.45, 2.75) is 24.8 Å². The molecule has 0 radical (unpaired) electrons. The van der Waals surface area contributed by atoms with Crippen molar-refractivity contribution < 1.29 is 12.8 Å². The zero-order valence-corrected chi connectivity index (χ0v) is 11.5. The van der Waals surface area contributed by atoms with E-state index in [0.29, 0.717) is 5.52 Å². The highest BCUT2D eigenvalue weighted by Crippen LogP contribution is 2.19. The highest BCUT2D eigenvalue weighted by molar-refractivity contribution is 7.91. The Morgan fingerprint density at radius 3 is 2.68 bits per heavy atom.